The lowest BCUT2D eigenvalue weighted by Gasteiger charge is -2.17. The van der Waals surface area contributed by atoms with Crippen LogP contribution in [0.3, 0.4) is 0 Å². The molecule has 1 aromatic heterocycles. The molecule has 7 heteroatoms. The Labute approximate surface area is 110 Å². The zero-order valence-corrected chi connectivity index (χ0v) is 11.5. The number of amides is 3. The monoisotopic (exact) mass is 270 g/mol. The number of primary amides is 1. The minimum absolute atomic E-state index is 0.0519. The molecular weight excluding hydrogens is 252 g/mol. The Morgan fingerprint density at radius 1 is 1.50 bits per heavy atom. The number of nitrogens with two attached hydrogens (primary N) is 1. The zero-order valence-electron chi connectivity index (χ0n) is 10.7. The van der Waals surface area contributed by atoms with E-state index in [0.29, 0.717) is 0 Å². The number of carbonyl (C=O) groups excluding carboxylic acids is 2. The lowest BCUT2D eigenvalue weighted by molar-refractivity contribution is -0.121. The Kier molecular flexibility index (Phi) is 5.24. The molecular formula is C11H18N4O2S. The van der Waals surface area contributed by atoms with E-state index >= 15 is 0 Å². The summed E-state index contributed by atoms with van der Waals surface area (Å²) in [7, 11) is 0. The van der Waals surface area contributed by atoms with Crippen LogP contribution >= 0.6 is 11.3 Å². The van der Waals surface area contributed by atoms with Crippen molar-refractivity contribution in [2.75, 3.05) is 0 Å². The van der Waals surface area contributed by atoms with E-state index in [4.69, 9.17) is 5.73 Å². The smallest absolute Gasteiger partial charge is 0.318 e. The van der Waals surface area contributed by atoms with Crippen LogP contribution in [0.25, 0.3) is 0 Å². The summed E-state index contributed by atoms with van der Waals surface area (Å²) < 4.78 is 0. The number of hydrogen-bond acceptors (Lipinski definition) is 5. The number of hydrogen-bond donors (Lipinski definition) is 3. The molecule has 1 heterocycles. The summed E-state index contributed by atoms with van der Waals surface area (Å²) in [5, 5.41) is 6.02. The van der Waals surface area contributed by atoms with Crippen molar-refractivity contribution in [1.29, 1.82) is 0 Å². The number of rotatable bonds is 5. The Hall–Kier alpha value is -1.47. The standard InChI is InChI=1S/C11H18N4O2S/c1-4-8-5-13-10(18-8)7(3)14-6(2)9(16)15-11(12)17/h5-7,14H,4H2,1-3H3,(H3,12,15,16,17). The first-order valence-electron chi connectivity index (χ1n) is 5.75. The van der Waals surface area contributed by atoms with Crippen molar-refractivity contribution in [3.63, 3.8) is 0 Å². The molecule has 1 rings (SSSR count). The second kappa shape index (κ2) is 6.46. The fourth-order valence-corrected chi connectivity index (χ4v) is 2.31. The van der Waals surface area contributed by atoms with Crippen LogP contribution in [0.5, 0.6) is 0 Å². The van der Waals surface area contributed by atoms with Gasteiger partial charge in [0.25, 0.3) is 0 Å². The van der Waals surface area contributed by atoms with Gasteiger partial charge in [0.05, 0.1) is 12.1 Å². The zero-order chi connectivity index (χ0) is 13.7. The highest BCUT2D eigenvalue weighted by Crippen LogP contribution is 2.20. The maximum absolute atomic E-state index is 11.5. The van der Waals surface area contributed by atoms with Crippen LogP contribution < -0.4 is 16.4 Å². The van der Waals surface area contributed by atoms with Gasteiger partial charge >= 0.3 is 6.03 Å². The molecule has 0 fully saturated rings. The van der Waals surface area contributed by atoms with E-state index in [1.54, 1.807) is 18.3 Å². The highest BCUT2D eigenvalue weighted by Gasteiger charge is 2.18. The minimum atomic E-state index is -0.844. The molecule has 100 valence electrons. The molecule has 0 spiro atoms. The number of urea groups is 1. The number of nitrogens with one attached hydrogen (secondary N) is 2. The number of nitrogens with zero attached hydrogens (tertiary/aromatic N) is 1. The fraction of sp³-hybridized carbons (Fsp3) is 0.545. The van der Waals surface area contributed by atoms with Gasteiger partial charge in [0.2, 0.25) is 5.91 Å². The maximum atomic E-state index is 11.5. The molecule has 2 unspecified atom stereocenters. The van der Waals surface area contributed by atoms with Crippen LogP contribution in [0.4, 0.5) is 4.79 Å². The van der Waals surface area contributed by atoms with Crippen molar-refractivity contribution in [2.24, 2.45) is 5.73 Å². The molecule has 0 saturated heterocycles. The minimum Gasteiger partial charge on any atom is -0.351 e. The van der Waals surface area contributed by atoms with Crippen LogP contribution in [0, 0.1) is 0 Å². The van der Waals surface area contributed by atoms with E-state index in [9.17, 15) is 9.59 Å². The van der Waals surface area contributed by atoms with Gasteiger partial charge in [-0.3, -0.25) is 15.4 Å². The van der Waals surface area contributed by atoms with Gasteiger partial charge in [-0.25, -0.2) is 9.78 Å². The highest BCUT2D eigenvalue weighted by atomic mass is 32.1. The topological polar surface area (TPSA) is 97.1 Å². The third-order valence-corrected chi connectivity index (χ3v) is 3.75. The van der Waals surface area contributed by atoms with Gasteiger partial charge in [0, 0.05) is 11.1 Å². The first kappa shape index (κ1) is 14.6. The summed E-state index contributed by atoms with van der Waals surface area (Å²) in [6, 6.07) is -1.41. The lowest BCUT2D eigenvalue weighted by atomic mass is 10.2. The summed E-state index contributed by atoms with van der Waals surface area (Å²) in [6.45, 7) is 5.66. The third kappa shape index (κ3) is 4.08. The van der Waals surface area contributed by atoms with Crippen LogP contribution in [-0.4, -0.2) is 23.0 Å². The van der Waals surface area contributed by atoms with Crippen LogP contribution in [0.15, 0.2) is 6.20 Å². The van der Waals surface area contributed by atoms with Gasteiger partial charge in [-0.15, -0.1) is 11.3 Å². The third-order valence-electron chi connectivity index (χ3n) is 2.43. The number of imide groups is 1. The van der Waals surface area contributed by atoms with Gasteiger partial charge in [-0.2, -0.15) is 0 Å². The van der Waals surface area contributed by atoms with E-state index in [2.05, 4.69) is 17.2 Å². The molecule has 6 nitrogen and oxygen atoms in total. The Balaban J connectivity index is 2.55. The Bertz CT molecular complexity index is 432. The molecule has 18 heavy (non-hydrogen) atoms. The summed E-state index contributed by atoms with van der Waals surface area (Å²) in [4.78, 5) is 27.5. The number of aryl methyl sites for hydroxylation is 1. The van der Waals surface area contributed by atoms with Crippen molar-refractivity contribution >= 4 is 23.3 Å². The molecule has 3 amide bonds. The summed E-state index contributed by atoms with van der Waals surface area (Å²) in [6.07, 6.45) is 2.79. The molecule has 0 aliphatic carbocycles. The normalized spacial score (nSPS) is 13.9. The predicted molar refractivity (Wildman–Crippen MR) is 70.2 cm³/mol. The SMILES string of the molecule is CCc1cnc(C(C)NC(C)C(=O)NC(N)=O)s1. The van der Waals surface area contributed by atoms with Crippen LogP contribution in [-0.2, 0) is 11.2 Å². The second-order valence-corrected chi connectivity index (χ2v) is 5.13. The molecule has 0 aliphatic rings. The molecule has 0 saturated carbocycles. The average Bonchev–Trinajstić information content (AvgIpc) is 2.76. The van der Waals surface area contributed by atoms with Crippen molar-refractivity contribution in [2.45, 2.75) is 39.3 Å². The fourth-order valence-electron chi connectivity index (χ4n) is 1.44. The van der Waals surface area contributed by atoms with E-state index in [-0.39, 0.29) is 6.04 Å². The molecule has 2 atom stereocenters. The average molecular weight is 270 g/mol. The highest BCUT2D eigenvalue weighted by molar-refractivity contribution is 7.11. The second-order valence-electron chi connectivity index (χ2n) is 3.98. The molecule has 0 radical (unpaired) electrons. The summed E-state index contributed by atoms with van der Waals surface area (Å²) in [5.74, 6) is -0.443. The Morgan fingerprint density at radius 2 is 2.17 bits per heavy atom. The number of thiazole rings is 1. The van der Waals surface area contributed by atoms with Crippen molar-refractivity contribution < 1.29 is 9.59 Å². The van der Waals surface area contributed by atoms with Gasteiger partial charge in [-0.1, -0.05) is 6.92 Å². The van der Waals surface area contributed by atoms with E-state index in [1.165, 1.54) is 4.88 Å². The van der Waals surface area contributed by atoms with E-state index < -0.39 is 18.0 Å². The quantitative estimate of drug-likeness (QED) is 0.741. The molecule has 0 aromatic carbocycles. The largest absolute Gasteiger partial charge is 0.351 e. The van der Waals surface area contributed by atoms with E-state index in [1.807, 2.05) is 18.4 Å². The molecule has 1 aromatic rings. The first-order chi connectivity index (χ1) is 8.43. The van der Waals surface area contributed by atoms with E-state index in [0.717, 1.165) is 11.4 Å². The van der Waals surface area contributed by atoms with Gasteiger partial charge in [0.1, 0.15) is 5.01 Å². The van der Waals surface area contributed by atoms with Crippen molar-refractivity contribution in [3.8, 4) is 0 Å². The summed E-state index contributed by atoms with van der Waals surface area (Å²) in [5.41, 5.74) is 4.89. The van der Waals surface area contributed by atoms with Crippen LogP contribution in [0.2, 0.25) is 0 Å². The van der Waals surface area contributed by atoms with Gasteiger partial charge in [0.15, 0.2) is 0 Å². The lowest BCUT2D eigenvalue weighted by Crippen LogP contribution is -2.47. The molecule has 0 bridgehead atoms. The number of aromatic nitrogens is 1. The van der Waals surface area contributed by atoms with Gasteiger partial charge < -0.3 is 5.73 Å². The first-order valence-corrected chi connectivity index (χ1v) is 6.56. The molecule has 0 aliphatic heterocycles. The maximum Gasteiger partial charge on any atom is 0.318 e. The molecule has 4 N–H and O–H groups in total. The van der Waals surface area contributed by atoms with Crippen molar-refractivity contribution in [1.82, 2.24) is 15.6 Å². The number of carbonyl (C=O) groups is 2. The Morgan fingerprint density at radius 3 is 2.67 bits per heavy atom. The predicted octanol–water partition coefficient (Wildman–Crippen LogP) is 0.940. The van der Waals surface area contributed by atoms with Crippen LogP contribution in [0.1, 0.15) is 36.7 Å². The summed E-state index contributed by atoms with van der Waals surface area (Å²) >= 11 is 1.61. The van der Waals surface area contributed by atoms with Gasteiger partial charge in [-0.05, 0) is 20.3 Å². The van der Waals surface area contributed by atoms with Crippen molar-refractivity contribution in [3.05, 3.63) is 16.1 Å².